The van der Waals surface area contributed by atoms with Crippen molar-refractivity contribution in [2.24, 2.45) is 0 Å². The van der Waals surface area contributed by atoms with Crippen molar-refractivity contribution in [3.63, 3.8) is 0 Å². The van der Waals surface area contributed by atoms with Gasteiger partial charge in [0.1, 0.15) is 12.4 Å². The number of hydrogen-bond donors (Lipinski definition) is 1. The van der Waals surface area contributed by atoms with Gasteiger partial charge in [0, 0.05) is 17.2 Å². The van der Waals surface area contributed by atoms with Gasteiger partial charge < -0.3 is 19.5 Å². The second-order valence-electron chi connectivity index (χ2n) is 7.36. The lowest BCUT2D eigenvalue weighted by atomic mass is 10.1. The normalized spacial score (nSPS) is 11.5. The van der Waals surface area contributed by atoms with E-state index in [4.69, 9.17) is 14.2 Å². The van der Waals surface area contributed by atoms with Crippen LogP contribution in [0.5, 0.6) is 17.2 Å². The van der Waals surface area contributed by atoms with Gasteiger partial charge in [-0.2, -0.15) is 0 Å². The van der Waals surface area contributed by atoms with E-state index < -0.39 is 0 Å². The molecular weight excluding hydrogens is 390 g/mol. The van der Waals surface area contributed by atoms with Gasteiger partial charge in [-0.25, -0.2) is 0 Å². The summed E-state index contributed by atoms with van der Waals surface area (Å²) in [5.41, 5.74) is 2.63. The maximum atomic E-state index is 12.8. The maximum Gasteiger partial charge on any atom is 0.251 e. The van der Waals surface area contributed by atoms with Crippen molar-refractivity contribution in [1.82, 2.24) is 5.32 Å². The highest BCUT2D eigenvalue weighted by molar-refractivity contribution is 5.94. The van der Waals surface area contributed by atoms with E-state index in [-0.39, 0.29) is 18.6 Å². The smallest absolute Gasteiger partial charge is 0.251 e. The van der Waals surface area contributed by atoms with Gasteiger partial charge in [0.25, 0.3) is 5.91 Å². The second kappa shape index (κ2) is 11.1. The minimum Gasteiger partial charge on any atom is -0.496 e. The molecule has 0 heterocycles. The number of hydrogen-bond acceptors (Lipinski definition) is 4. The minimum atomic E-state index is -0.109. The number of nitrogens with one attached hydrogen (secondary N) is 1. The molecule has 0 saturated heterocycles. The van der Waals surface area contributed by atoms with Crippen LogP contribution in [0.1, 0.15) is 34.8 Å². The highest BCUT2D eigenvalue weighted by Gasteiger charge is 2.14. The van der Waals surface area contributed by atoms with Gasteiger partial charge in [-0.15, -0.1) is 0 Å². The molecule has 3 aromatic rings. The monoisotopic (exact) mass is 419 g/mol. The zero-order valence-electron chi connectivity index (χ0n) is 18.3. The molecular formula is C26H29NO4. The summed E-state index contributed by atoms with van der Waals surface area (Å²) in [4.78, 5) is 12.8. The molecule has 162 valence electrons. The summed E-state index contributed by atoms with van der Waals surface area (Å²) in [5, 5.41) is 3.08. The van der Waals surface area contributed by atoms with Crippen LogP contribution in [-0.4, -0.2) is 26.2 Å². The van der Waals surface area contributed by atoms with E-state index in [0.29, 0.717) is 22.8 Å². The number of benzene rings is 3. The van der Waals surface area contributed by atoms with Crippen LogP contribution >= 0.6 is 0 Å². The average Bonchev–Trinajstić information content (AvgIpc) is 2.82. The third-order valence-corrected chi connectivity index (χ3v) is 5.08. The number of methoxy groups -OCH3 is 2. The Bertz CT molecular complexity index is 988. The van der Waals surface area contributed by atoms with Gasteiger partial charge >= 0.3 is 0 Å². The molecule has 31 heavy (non-hydrogen) atoms. The molecule has 0 fully saturated rings. The summed E-state index contributed by atoms with van der Waals surface area (Å²) in [6, 6.07) is 23.2. The first-order valence-corrected chi connectivity index (χ1v) is 10.4. The SMILES string of the molecule is COc1ccc(C(=O)N[C@@H](C)CCc2ccccc2)cc1COc1ccccc1OC. The Kier molecular flexibility index (Phi) is 7.93. The van der Waals surface area contributed by atoms with Crippen molar-refractivity contribution in [2.45, 2.75) is 32.4 Å². The van der Waals surface area contributed by atoms with Gasteiger partial charge in [0.05, 0.1) is 14.2 Å². The van der Waals surface area contributed by atoms with Crippen molar-refractivity contribution >= 4 is 5.91 Å². The van der Waals surface area contributed by atoms with E-state index in [0.717, 1.165) is 18.4 Å². The van der Waals surface area contributed by atoms with Crippen molar-refractivity contribution in [3.8, 4) is 17.2 Å². The van der Waals surface area contributed by atoms with E-state index in [2.05, 4.69) is 17.4 Å². The standard InChI is InChI=1S/C26H29NO4/c1-19(13-14-20-9-5-4-6-10-20)27-26(28)21-15-16-23(29-2)22(17-21)18-31-25-12-8-7-11-24(25)30-3/h4-12,15-17,19H,13-14,18H2,1-3H3,(H,27,28)/t19-/m0/s1. The van der Waals surface area contributed by atoms with Crippen LogP contribution in [0.2, 0.25) is 0 Å². The average molecular weight is 420 g/mol. The summed E-state index contributed by atoms with van der Waals surface area (Å²) < 4.78 is 16.7. The first-order chi connectivity index (χ1) is 15.1. The number of aryl methyl sites for hydroxylation is 1. The van der Waals surface area contributed by atoms with Gasteiger partial charge in [-0.1, -0.05) is 42.5 Å². The lowest BCUT2D eigenvalue weighted by Crippen LogP contribution is -2.33. The predicted octanol–water partition coefficient (Wildman–Crippen LogP) is 5.03. The van der Waals surface area contributed by atoms with Crippen molar-refractivity contribution in [3.05, 3.63) is 89.5 Å². The van der Waals surface area contributed by atoms with Crippen LogP contribution in [0, 0.1) is 0 Å². The van der Waals surface area contributed by atoms with E-state index in [1.807, 2.05) is 55.5 Å². The fourth-order valence-electron chi connectivity index (χ4n) is 3.33. The molecule has 3 rings (SSSR count). The zero-order valence-corrected chi connectivity index (χ0v) is 18.3. The number of carbonyl (C=O) groups is 1. The Morgan fingerprint density at radius 3 is 2.26 bits per heavy atom. The second-order valence-corrected chi connectivity index (χ2v) is 7.36. The summed E-state index contributed by atoms with van der Waals surface area (Å²) in [5.74, 6) is 1.85. The molecule has 0 radical (unpaired) electrons. The van der Waals surface area contributed by atoms with Gasteiger partial charge in [-0.3, -0.25) is 4.79 Å². The molecule has 5 nitrogen and oxygen atoms in total. The summed E-state index contributed by atoms with van der Waals surface area (Å²) in [6.07, 6.45) is 1.79. The maximum absolute atomic E-state index is 12.8. The van der Waals surface area contributed by atoms with Crippen LogP contribution in [-0.2, 0) is 13.0 Å². The van der Waals surface area contributed by atoms with E-state index in [1.165, 1.54) is 5.56 Å². The molecule has 0 aromatic heterocycles. The molecule has 1 atom stereocenters. The number of amides is 1. The molecule has 0 saturated carbocycles. The fourth-order valence-corrected chi connectivity index (χ4v) is 3.33. The quantitative estimate of drug-likeness (QED) is 0.501. The first-order valence-electron chi connectivity index (χ1n) is 10.4. The van der Waals surface area contributed by atoms with Crippen LogP contribution in [0.3, 0.4) is 0 Å². The fraction of sp³-hybridized carbons (Fsp3) is 0.269. The molecule has 0 spiro atoms. The highest BCUT2D eigenvalue weighted by Crippen LogP contribution is 2.28. The Hall–Kier alpha value is -3.47. The molecule has 3 aromatic carbocycles. The van der Waals surface area contributed by atoms with Crippen LogP contribution in [0.15, 0.2) is 72.8 Å². The molecule has 5 heteroatoms. The van der Waals surface area contributed by atoms with Crippen LogP contribution < -0.4 is 19.5 Å². The summed E-state index contributed by atoms with van der Waals surface area (Å²) >= 11 is 0. The minimum absolute atomic E-state index is 0.0584. The van der Waals surface area contributed by atoms with Crippen molar-refractivity contribution in [2.75, 3.05) is 14.2 Å². The predicted molar refractivity (Wildman–Crippen MR) is 122 cm³/mol. The topological polar surface area (TPSA) is 56.8 Å². The van der Waals surface area contributed by atoms with E-state index in [9.17, 15) is 4.79 Å². The van der Waals surface area contributed by atoms with Gasteiger partial charge in [0.15, 0.2) is 11.5 Å². The molecule has 0 unspecified atom stereocenters. The molecule has 1 amide bonds. The number of carbonyl (C=O) groups excluding carboxylic acids is 1. The van der Waals surface area contributed by atoms with Gasteiger partial charge in [0.2, 0.25) is 0 Å². The number of para-hydroxylation sites is 2. The van der Waals surface area contributed by atoms with Crippen LogP contribution in [0.4, 0.5) is 0 Å². The molecule has 0 bridgehead atoms. The third kappa shape index (κ3) is 6.25. The highest BCUT2D eigenvalue weighted by atomic mass is 16.5. The lowest BCUT2D eigenvalue weighted by molar-refractivity contribution is 0.0938. The summed E-state index contributed by atoms with van der Waals surface area (Å²) in [6.45, 7) is 2.28. The van der Waals surface area contributed by atoms with Crippen LogP contribution in [0.25, 0.3) is 0 Å². The molecule has 1 N–H and O–H groups in total. The summed E-state index contributed by atoms with van der Waals surface area (Å²) in [7, 11) is 3.21. The van der Waals surface area contributed by atoms with Crippen molar-refractivity contribution < 1.29 is 19.0 Å². The Labute approximate surface area is 184 Å². The first kappa shape index (κ1) is 22.2. The van der Waals surface area contributed by atoms with E-state index >= 15 is 0 Å². The van der Waals surface area contributed by atoms with Crippen molar-refractivity contribution in [1.29, 1.82) is 0 Å². The number of rotatable bonds is 10. The lowest BCUT2D eigenvalue weighted by Gasteiger charge is -2.16. The Balaban J connectivity index is 1.63. The number of ether oxygens (including phenoxy) is 3. The Morgan fingerprint density at radius 2 is 1.55 bits per heavy atom. The molecule has 0 aliphatic carbocycles. The van der Waals surface area contributed by atoms with E-state index in [1.54, 1.807) is 26.4 Å². The largest absolute Gasteiger partial charge is 0.496 e. The van der Waals surface area contributed by atoms with Gasteiger partial charge in [-0.05, 0) is 55.7 Å². The zero-order chi connectivity index (χ0) is 22.1. The molecule has 0 aliphatic heterocycles. The third-order valence-electron chi connectivity index (χ3n) is 5.08. The molecule has 0 aliphatic rings. The Morgan fingerprint density at radius 1 is 0.871 bits per heavy atom.